The standard InChI is InChI=1S/C13H19NO3/c1-4-12(13(16)17-9-10(2)3)14-7-5-6-11(14)8-15/h5-8,10,12H,4,9H2,1-3H3. The lowest BCUT2D eigenvalue weighted by molar-refractivity contribution is -0.148. The average Bonchev–Trinajstić information content (AvgIpc) is 2.75. The molecule has 0 saturated heterocycles. The van der Waals surface area contributed by atoms with Crippen LogP contribution in [0.3, 0.4) is 0 Å². The molecule has 17 heavy (non-hydrogen) atoms. The Balaban J connectivity index is 2.77. The SMILES string of the molecule is CCC(C(=O)OCC(C)C)n1cccc1C=O. The van der Waals surface area contributed by atoms with Crippen molar-refractivity contribution in [2.75, 3.05) is 6.61 Å². The highest BCUT2D eigenvalue weighted by atomic mass is 16.5. The molecule has 0 aliphatic carbocycles. The molecule has 0 aliphatic heterocycles. The van der Waals surface area contributed by atoms with E-state index in [0.29, 0.717) is 24.6 Å². The molecule has 4 nitrogen and oxygen atoms in total. The lowest BCUT2D eigenvalue weighted by atomic mass is 10.2. The Morgan fingerprint density at radius 1 is 1.53 bits per heavy atom. The molecule has 0 spiro atoms. The van der Waals surface area contributed by atoms with Crippen LogP contribution in [0.2, 0.25) is 0 Å². The summed E-state index contributed by atoms with van der Waals surface area (Å²) in [6.07, 6.45) is 3.08. The van der Waals surface area contributed by atoms with Crippen LogP contribution in [-0.4, -0.2) is 23.4 Å². The third-order valence-electron chi connectivity index (χ3n) is 2.49. The second-order valence-electron chi connectivity index (χ2n) is 4.41. The summed E-state index contributed by atoms with van der Waals surface area (Å²) in [7, 11) is 0. The fourth-order valence-corrected chi connectivity index (χ4v) is 1.61. The van der Waals surface area contributed by atoms with Gasteiger partial charge in [0.25, 0.3) is 0 Å². The van der Waals surface area contributed by atoms with Crippen molar-refractivity contribution in [3.05, 3.63) is 24.0 Å². The van der Waals surface area contributed by atoms with Gasteiger partial charge in [-0.25, -0.2) is 4.79 Å². The molecule has 94 valence electrons. The zero-order valence-corrected chi connectivity index (χ0v) is 10.6. The van der Waals surface area contributed by atoms with Crippen molar-refractivity contribution in [2.45, 2.75) is 33.2 Å². The predicted molar refractivity (Wildman–Crippen MR) is 64.9 cm³/mol. The van der Waals surface area contributed by atoms with Crippen molar-refractivity contribution in [1.82, 2.24) is 4.57 Å². The molecule has 1 rings (SSSR count). The second-order valence-corrected chi connectivity index (χ2v) is 4.41. The molecular formula is C13H19NO3. The van der Waals surface area contributed by atoms with E-state index in [4.69, 9.17) is 4.74 Å². The molecule has 0 aromatic carbocycles. The average molecular weight is 237 g/mol. The monoisotopic (exact) mass is 237 g/mol. The summed E-state index contributed by atoms with van der Waals surface area (Å²) in [6, 6.07) is 3.02. The van der Waals surface area contributed by atoms with Gasteiger partial charge in [0.05, 0.1) is 12.3 Å². The van der Waals surface area contributed by atoms with Gasteiger partial charge >= 0.3 is 5.97 Å². The first-order chi connectivity index (χ1) is 8.10. The van der Waals surface area contributed by atoms with Crippen molar-refractivity contribution in [2.24, 2.45) is 5.92 Å². The van der Waals surface area contributed by atoms with E-state index < -0.39 is 6.04 Å². The quantitative estimate of drug-likeness (QED) is 0.564. The van der Waals surface area contributed by atoms with Crippen LogP contribution in [-0.2, 0) is 9.53 Å². The van der Waals surface area contributed by atoms with Crippen LogP contribution in [0.25, 0.3) is 0 Å². The van der Waals surface area contributed by atoms with E-state index in [9.17, 15) is 9.59 Å². The van der Waals surface area contributed by atoms with Crippen LogP contribution in [0.5, 0.6) is 0 Å². The van der Waals surface area contributed by atoms with Crippen LogP contribution >= 0.6 is 0 Å². The fraction of sp³-hybridized carbons (Fsp3) is 0.538. The van der Waals surface area contributed by atoms with Crippen molar-refractivity contribution in [3.63, 3.8) is 0 Å². The molecule has 0 amide bonds. The minimum absolute atomic E-state index is 0.277. The summed E-state index contributed by atoms with van der Waals surface area (Å²) in [6.45, 7) is 6.28. The van der Waals surface area contributed by atoms with Gasteiger partial charge in [0.15, 0.2) is 6.29 Å². The molecule has 0 aliphatic rings. The van der Waals surface area contributed by atoms with E-state index in [1.807, 2.05) is 20.8 Å². The summed E-state index contributed by atoms with van der Waals surface area (Å²) >= 11 is 0. The van der Waals surface area contributed by atoms with E-state index in [1.165, 1.54) is 0 Å². The topological polar surface area (TPSA) is 48.3 Å². The van der Waals surface area contributed by atoms with Crippen LogP contribution in [0.1, 0.15) is 43.7 Å². The fourth-order valence-electron chi connectivity index (χ4n) is 1.61. The van der Waals surface area contributed by atoms with Crippen LogP contribution in [0, 0.1) is 5.92 Å². The summed E-state index contributed by atoms with van der Waals surface area (Å²) in [5, 5.41) is 0. The van der Waals surface area contributed by atoms with Gasteiger partial charge in [-0.1, -0.05) is 20.8 Å². The number of esters is 1. The molecular weight excluding hydrogens is 218 g/mol. The molecule has 4 heteroatoms. The number of nitrogens with zero attached hydrogens (tertiary/aromatic N) is 1. The number of carbonyl (C=O) groups excluding carboxylic acids is 2. The van der Waals surface area contributed by atoms with Crippen molar-refractivity contribution >= 4 is 12.3 Å². The highest BCUT2D eigenvalue weighted by Gasteiger charge is 2.21. The van der Waals surface area contributed by atoms with Crippen LogP contribution in [0.15, 0.2) is 18.3 Å². The van der Waals surface area contributed by atoms with Crippen molar-refractivity contribution in [1.29, 1.82) is 0 Å². The summed E-state index contributed by atoms with van der Waals surface area (Å²) < 4.78 is 6.87. The van der Waals surface area contributed by atoms with Gasteiger partial charge < -0.3 is 9.30 Å². The van der Waals surface area contributed by atoms with Crippen LogP contribution in [0.4, 0.5) is 0 Å². The number of ether oxygens (including phenoxy) is 1. The maximum atomic E-state index is 11.9. The number of hydrogen-bond donors (Lipinski definition) is 0. The maximum Gasteiger partial charge on any atom is 0.329 e. The van der Waals surface area contributed by atoms with Gasteiger partial charge in [0, 0.05) is 6.20 Å². The Bertz CT molecular complexity index is 382. The molecule has 0 fully saturated rings. The lowest BCUT2D eigenvalue weighted by Crippen LogP contribution is -2.23. The number of hydrogen-bond acceptors (Lipinski definition) is 3. The van der Waals surface area contributed by atoms with E-state index in [-0.39, 0.29) is 5.97 Å². The lowest BCUT2D eigenvalue weighted by Gasteiger charge is -2.18. The predicted octanol–water partition coefficient (Wildman–Crippen LogP) is 2.45. The third-order valence-corrected chi connectivity index (χ3v) is 2.49. The second kappa shape index (κ2) is 6.23. The molecule has 0 radical (unpaired) electrons. The van der Waals surface area contributed by atoms with E-state index >= 15 is 0 Å². The first-order valence-electron chi connectivity index (χ1n) is 5.88. The molecule has 1 unspecified atom stereocenters. The Morgan fingerprint density at radius 2 is 2.24 bits per heavy atom. The van der Waals surface area contributed by atoms with E-state index in [1.54, 1.807) is 22.9 Å². The first kappa shape index (κ1) is 13.5. The first-order valence-corrected chi connectivity index (χ1v) is 5.88. The molecule has 0 N–H and O–H groups in total. The summed E-state index contributed by atoms with van der Waals surface area (Å²) in [5.41, 5.74) is 0.498. The number of aromatic nitrogens is 1. The van der Waals surface area contributed by atoms with E-state index in [2.05, 4.69) is 0 Å². The van der Waals surface area contributed by atoms with Gasteiger partial charge in [0.2, 0.25) is 0 Å². The van der Waals surface area contributed by atoms with Gasteiger partial charge in [-0.15, -0.1) is 0 Å². The highest BCUT2D eigenvalue weighted by molar-refractivity contribution is 5.78. The van der Waals surface area contributed by atoms with Crippen LogP contribution < -0.4 is 0 Å². The number of aldehydes is 1. The van der Waals surface area contributed by atoms with Crippen molar-refractivity contribution in [3.8, 4) is 0 Å². The summed E-state index contributed by atoms with van der Waals surface area (Å²) in [4.78, 5) is 22.7. The molecule has 1 heterocycles. The van der Waals surface area contributed by atoms with Gasteiger partial charge in [-0.05, 0) is 24.5 Å². The largest absolute Gasteiger partial charge is 0.464 e. The number of rotatable bonds is 6. The van der Waals surface area contributed by atoms with Crippen molar-refractivity contribution < 1.29 is 14.3 Å². The molecule has 1 aromatic heterocycles. The Labute approximate surface area is 102 Å². The molecule has 1 atom stereocenters. The van der Waals surface area contributed by atoms with E-state index in [0.717, 1.165) is 6.29 Å². The molecule has 0 bridgehead atoms. The minimum Gasteiger partial charge on any atom is -0.464 e. The number of carbonyl (C=O) groups is 2. The van der Waals surface area contributed by atoms with Gasteiger partial charge in [-0.2, -0.15) is 0 Å². The maximum absolute atomic E-state index is 11.9. The summed E-state index contributed by atoms with van der Waals surface area (Å²) in [5.74, 6) is 0.0344. The van der Waals surface area contributed by atoms with Gasteiger partial charge in [-0.3, -0.25) is 4.79 Å². The third kappa shape index (κ3) is 3.44. The minimum atomic E-state index is -0.413. The normalized spacial score (nSPS) is 12.5. The Morgan fingerprint density at radius 3 is 2.76 bits per heavy atom. The zero-order valence-electron chi connectivity index (χ0n) is 10.6. The van der Waals surface area contributed by atoms with Gasteiger partial charge in [0.1, 0.15) is 6.04 Å². The smallest absolute Gasteiger partial charge is 0.329 e. The molecule has 1 aromatic rings. The highest BCUT2D eigenvalue weighted by Crippen LogP contribution is 2.16. The Hall–Kier alpha value is -1.58. The Kier molecular flexibility index (Phi) is 4.94. The zero-order chi connectivity index (χ0) is 12.8. The molecule has 0 saturated carbocycles.